The summed E-state index contributed by atoms with van der Waals surface area (Å²) in [6.07, 6.45) is 0.313. The first kappa shape index (κ1) is 11.0. The Balaban J connectivity index is 2.13. The van der Waals surface area contributed by atoms with Crippen molar-refractivity contribution in [3.8, 4) is 0 Å². The van der Waals surface area contributed by atoms with Crippen LogP contribution >= 0.6 is 11.6 Å². The van der Waals surface area contributed by atoms with Gasteiger partial charge in [-0.15, -0.1) is 0 Å². The predicted molar refractivity (Wildman–Crippen MR) is 62.9 cm³/mol. The number of ketones is 1. The highest BCUT2D eigenvalue weighted by molar-refractivity contribution is 6.30. The Morgan fingerprint density at radius 3 is 2.75 bits per heavy atom. The van der Waals surface area contributed by atoms with Gasteiger partial charge in [0, 0.05) is 11.4 Å². The Morgan fingerprint density at radius 2 is 2.12 bits per heavy atom. The fourth-order valence-corrected chi connectivity index (χ4v) is 1.72. The van der Waals surface area contributed by atoms with Crippen molar-refractivity contribution >= 4 is 17.4 Å². The van der Waals surface area contributed by atoms with E-state index in [-0.39, 0.29) is 5.78 Å². The molecular formula is C13H11ClO2. The molecule has 3 heteroatoms. The Labute approximate surface area is 98.8 Å². The van der Waals surface area contributed by atoms with Crippen molar-refractivity contribution in [2.45, 2.75) is 13.3 Å². The quantitative estimate of drug-likeness (QED) is 0.759. The molecule has 0 atom stereocenters. The van der Waals surface area contributed by atoms with E-state index in [4.69, 9.17) is 16.0 Å². The smallest absolute Gasteiger partial charge is 0.202 e. The molecule has 0 bridgehead atoms. The first-order valence-corrected chi connectivity index (χ1v) is 5.37. The molecule has 1 aromatic heterocycles. The van der Waals surface area contributed by atoms with Gasteiger partial charge < -0.3 is 4.42 Å². The van der Waals surface area contributed by atoms with Crippen LogP contribution < -0.4 is 0 Å². The summed E-state index contributed by atoms with van der Waals surface area (Å²) >= 11 is 5.84. The summed E-state index contributed by atoms with van der Waals surface area (Å²) < 4.78 is 5.27. The van der Waals surface area contributed by atoms with E-state index in [1.807, 2.05) is 19.1 Å². The first-order chi connectivity index (χ1) is 7.65. The van der Waals surface area contributed by atoms with E-state index in [1.165, 1.54) is 0 Å². The monoisotopic (exact) mass is 234 g/mol. The highest BCUT2D eigenvalue weighted by Gasteiger charge is 2.10. The van der Waals surface area contributed by atoms with Gasteiger partial charge in [0.2, 0.25) is 5.78 Å². The maximum atomic E-state index is 11.8. The molecule has 0 saturated carbocycles. The number of carbonyl (C=O) groups is 1. The Kier molecular flexibility index (Phi) is 3.11. The van der Waals surface area contributed by atoms with Gasteiger partial charge >= 0.3 is 0 Å². The third-order valence-electron chi connectivity index (χ3n) is 2.27. The number of carbonyl (C=O) groups excluding carboxylic acids is 1. The molecule has 1 aromatic carbocycles. The Bertz CT molecular complexity index is 514. The number of hydrogen-bond donors (Lipinski definition) is 0. The molecule has 2 aromatic rings. The zero-order valence-electron chi connectivity index (χ0n) is 8.87. The fourth-order valence-electron chi connectivity index (χ4n) is 1.50. The number of furan rings is 1. The lowest BCUT2D eigenvalue weighted by Crippen LogP contribution is -2.01. The SMILES string of the molecule is Cc1ccc(C(=O)Cc2cccc(Cl)c2)o1. The normalized spacial score (nSPS) is 10.4. The van der Waals surface area contributed by atoms with Crippen LogP contribution in [0.2, 0.25) is 5.02 Å². The summed E-state index contributed by atoms with van der Waals surface area (Å²) in [5, 5.41) is 0.640. The van der Waals surface area contributed by atoms with Crippen LogP contribution in [0, 0.1) is 6.92 Å². The van der Waals surface area contributed by atoms with Crippen molar-refractivity contribution in [2.75, 3.05) is 0 Å². The molecule has 0 amide bonds. The number of halogens is 1. The molecule has 82 valence electrons. The average Bonchev–Trinajstić information content (AvgIpc) is 2.65. The van der Waals surface area contributed by atoms with Gasteiger partial charge in [0.15, 0.2) is 5.76 Å². The molecule has 0 unspecified atom stereocenters. The van der Waals surface area contributed by atoms with Gasteiger partial charge in [-0.2, -0.15) is 0 Å². The standard InChI is InChI=1S/C13H11ClO2/c1-9-5-6-13(16-9)12(15)8-10-3-2-4-11(14)7-10/h2-7H,8H2,1H3. The highest BCUT2D eigenvalue weighted by atomic mass is 35.5. The lowest BCUT2D eigenvalue weighted by atomic mass is 10.1. The van der Waals surface area contributed by atoms with E-state index < -0.39 is 0 Å². The Hall–Kier alpha value is -1.54. The third kappa shape index (κ3) is 2.52. The molecular weight excluding hydrogens is 224 g/mol. The number of Topliss-reactive ketones (excluding diaryl/α,β-unsaturated/α-hetero) is 1. The minimum absolute atomic E-state index is 0.0321. The van der Waals surface area contributed by atoms with Crippen LogP contribution in [0.15, 0.2) is 40.8 Å². The molecule has 0 aliphatic heterocycles. The van der Waals surface area contributed by atoms with Crippen molar-refractivity contribution in [3.05, 3.63) is 58.5 Å². The molecule has 0 N–H and O–H groups in total. The summed E-state index contributed by atoms with van der Waals surface area (Å²) in [6.45, 7) is 1.82. The van der Waals surface area contributed by atoms with Gasteiger partial charge in [-0.05, 0) is 36.8 Å². The minimum atomic E-state index is -0.0321. The van der Waals surface area contributed by atoms with Gasteiger partial charge in [-0.1, -0.05) is 23.7 Å². The minimum Gasteiger partial charge on any atom is -0.458 e. The van der Waals surface area contributed by atoms with Crippen molar-refractivity contribution in [1.82, 2.24) is 0 Å². The summed E-state index contributed by atoms with van der Waals surface area (Å²) in [6, 6.07) is 10.8. The molecule has 2 rings (SSSR count). The maximum Gasteiger partial charge on any atom is 0.202 e. The second-order valence-corrected chi connectivity index (χ2v) is 4.08. The van der Waals surface area contributed by atoms with Gasteiger partial charge in [0.1, 0.15) is 5.76 Å². The number of hydrogen-bond acceptors (Lipinski definition) is 2. The lowest BCUT2D eigenvalue weighted by Gasteiger charge is -1.99. The summed E-state index contributed by atoms with van der Waals surface area (Å²) in [5.41, 5.74) is 0.895. The molecule has 16 heavy (non-hydrogen) atoms. The van der Waals surface area contributed by atoms with E-state index >= 15 is 0 Å². The molecule has 0 aliphatic carbocycles. The van der Waals surface area contributed by atoms with Crippen LogP contribution in [0.5, 0.6) is 0 Å². The molecule has 0 spiro atoms. The summed E-state index contributed by atoms with van der Waals surface area (Å²) in [5.74, 6) is 1.11. The van der Waals surface area contributed by atoms with Crippen LogP contribution in [-0.4, -0.2) is 5.78 Å². The Morgan fingerprint density at radius 1 is 1.31 bits per heavy atom. The van der Waals surface area contributed by atoms with Crippen molar-refractivity contribution in [1.29, 1.82) is 0 Å². The molecule has 0 aliphatic rings. The average molecular weight is 235 g/mol. The van der Waals surface area contributed by atoms with Gasteiger partial charge in [0.05, 0.1) is 0 Å². The number of benzene rings is 1. The molecule has 1 heterocycles. The van der Waals surface area contributed by atoms with Crippen LogP contribution in [0.4, 0.5) is 0 Å². The van der Waals surface area contributed by atoms with Crippen molar-refractivity contribution < 1.29 is 9.21 Å². The number of rotatable bonds is 3. The van der Waals surface area contributed by atoms with E-state index in [1.54, 1.807) is 24.3 Å². The molecule has 0 fully saturated rings. The summed E-state index contributed by atoms with van der Waals surface area (Å²) in [4.78, 5) is 11.8. The van der Waals surface area contributed by atoms with Crippen molar-refractivity contribution in [3.63, 3.8) is 0 Å². The van der Waals surface area contributed by atoms with Gasteiger partial charge in [-0.25, -0.2) is 0 Å². The van der Waals surface area contributed by atoms with Crippen LogP contribution in [0.3, 0.4) is 0 Å². The van der Waals surface area contributed by atoms with Crippen molar-refractivity contribution in [2.24, 2.45) is 0 Å². The van der Waals surface area contributed by atoms with E-state index in [0.29, 0.717) is 17.2 Å². The maximum absolute atomic E-state index is 11.8. The molecule has 0 radical (unpaired) electrons. The van der Waals surface area contributed by atoms with Gasteiger partial charge in [-0.3, -0.25) is 4.79 Å². The largest absolute Gasteiger partial charge is 0.458 e. The highest BCUT2D eigenvalue weighted by Crippen LogP contribution is 2.14. The van der Waals surface area contributed by atoms with Crippen LogP contribution in [0.25, 0.3) is 0 Å². The third-order valence-corrected chi connectivity index (χ3v) is 2.50. The molecule has 2 nitrogen and oxygen atoms in total. The van der Waals surface area contributed by atoms with E-state index in [2.05, 4.69) is 0 Å². The first-order valence-electron chi connectivity index (χ1n) is 4.99. The fraction of sp³-hybridized carbons (Fsp3) is 0.154. The lowest BCUT2D eigenvalue weighted by molar-refractivity contribution is 0.0965. The van der Waals surface area contributed by atoms with E-state index in [0.717, 1.165) is 11.3 Å². The topological polar surface area (TPSA) is 30.2 Å². The summed E-state index contributed by atoms with van der Waals surface area (Å²) in [7, 11) is 0. The molecule has 0 saturated heterocycles. The number of aryl methyl sites for hydroxylation is 1. The van der Waals surface area contributed by atoms with Crippen LogP contribution in [0.1, 0.15) is 21.9 Å². The van der Waals surface area contributed by atoms with E-state index in [9.17, 15) is 4.79 Å². The van der Waals surface area contributed by atoms with Gasteiger partial charge in [0.25, 0.3) is 0 Å². The van der Waals surface area contributed by atoms with Crippen LogP contribution in [-0.2, 0) is 6.42 Å². The zero-order chi connectivity index (χ0) is 11.5. The zero-order valence-corrected chi connectivity index (χ0v) is 9.62. The second-order valence-electron chi connectivity index (χ2n) is 3.64. The second kappa shape index (κ2) is 4.54. The predicted octanol–water partition coefficient (Wildman–Crippen LogP) is 3.67.